The lowest BCUT2D eigenvalue weighted by atomic mass is 10.1. The highest BCUT2D eigenvalue weighted by Gasteiger charge is 2.35. The zero-order chi connectivity index (χ0) is 22.1. The van der Waals surface area contributed by atoms with Crippen LogP contribution in [0, 0.1) is 11.6 Å². The minimum Gasteiger partial charge on any atom is -0.490 e. The maximum absolute atomic E-state index is 14.2. The third kappa shape index (κ3) is 4.97. The van der Waals surface area contributed by atoms with Crippen LogP contribution < -0.4 is 14.2 Å². The molecule has 29 heavy (non-hydrogen) atoms. The number of aromatic carboxylic acids is 1. The van der Waals surface area contributed by atoms with Gasteiger partial charge in [0.05, 0.1) is 12.7 Å². The Morgan fingerprint density at radius 3 is 2.03 bits per heavy atom. The fraction of sp³-hybridized carbons (Fsp3) is 0.188. The van der Waals surface area contributed by atoms with Crippen LogP contribution in [0.5, 0.6) is 23.0 Å². The molecule has 2 aromatic rings. The molecule has 0 heterocycles. The number of carbonyl (C=O) groups is 1. The molecule has 0 fully saturated rings. The van der Waals surface area contributed by atoms with Gasteiger partial charge in [0.25, 0.3) is 0 Å². The Morgan fingerprint density at radius 2 is 1.55 bits per heavy atom. The highest BCUT2D eigenvalue weighted by molar-refractivity contribution is 5.91. The van der Waals surface area contributed by atoms with Crippen LogP contribution in [0.15, 0.2) is 24.3 Å². The normalized spacial score (nSPS) is 11.9. The summed E-state index contributed by atoms with van der Waals surface area (Å²) in [6.45, 7) is 0. The predicted octanol–water partition coefficient (Wildman–Crippen LogP) is 5.38. The molecule has 0 atom stereocenters. The molecule has 0 spiro atoms. The van der Waals surface area contributed by atoms with Gasteiger partial charge in [0, 0.05) is 0 Å². The van der Waals surface area contributed by atoms with Crippen LogP contribution in [0.4, 0.5) is 35.1 Å². The van der Waals surface area contributed by atoms with Crippen LogP contribution >= 0.6 is 0 Å². The molecular formula is C16H8F8O5. The van der Waals surface area contributed by atoms with Crippen molar-refractivity contribution in [3.8, 4) is 23.0 Å². The van der Waals surface area contributed by atoms with Crippen molar-refractivity contribution in [2.45, 2.75) is 12.5 Å². The van der Waals surface area contributed by atoms with E-state index in [1.165, 1.54) is 0 Å². The first-order chi connectivity index (χ1) is 13.2. The lowest BCUT2D eigenvalue weighted by Gasteiger charge is -2.17. The summed E-state index contributed by atoms with van der Waals surface area (Å²) in [4.78, 5) is 11.2. The number of benzene rings is 2. The SMILES string of the molecule is COc1c(Oc2cc(C(F)(F)F)cc(F)c2C(=O)O)ccc(OC(F)(F)F)c1F. The topological polar surface area (TPSA) is 65.0 Å². The summed E-state index contributed by atoms with van der Waals surface area (Å²) in [5, 5.41) is 9.02. The second-order valence-corrected chi connectivity index (χ2v) is 5.19. The van der Waals surface area contributed by atoms with E-state index in [9.17, 15) is 39.9 Å². The number of carboxylic acid groups (broad SMARTS) is 1. The van der Waals surface area contributed by atoms with Crippen LogP contribution in [-0.2, 0) is 6.18 Å². The van der Waals surface area contributed by atoms with Gasteiger partial charge in [-0.1, -0.05) is 0 Å². The molecule has 0 radical (unpaired) electrons. The van der Waals surface area contributed by atoms with Gasteiger partial charge in [0.15, 0.2) is 11.5 Å². The van der Waals surface area contributed by atoms with Gasteiger partial charge >= 0.3 is 18.5 Å². The number of hydrogen-bond donors (Lipinski definition) is 1. The highest BCUT2D eigenvalue weighted by Crippen LogP contribution is 2.42. The molecular weight excluding hydrogens is 424 g/mol. The number of rotatable bonds is 5. The Hall–Kier alpha value is -3.25. The quantitative estimate of drug-likeness (QED) is 0.643. The third-order valence-electron chi connectivity index (χ3n) is 3.27. The van der Waals surface area contributed by atoms with E-state index in [-0.39, 0.29) is 12.1 Å². The Kier molecular flexibility index (Phi) is 5.81. The fourth-order valence-corrected chi connectivity index (χ4v) is 2.15. The first-order valence-corrected chi connectivity index (χ1v) is 7.18. The van der Waals surface area contributed by atoms with Crippen molar-refractivity contribution in [1.82, 2.24) is 0 Å². The van der Waals surface area contributed by atoms with Crippen LogP contribution in [0.3, 0.4) is 0 Å². The molecule has 0 aliphatic rings. The van der Waals surface area contributed by atoms with Crippen molar-refractivity contribution >= 4 is 5.97 Å². The number of hydrogen-bond acceptors (Lipinski definition) is 4. The summed E-state index contributed by atoms with van der Waals surface area (Å²) >= 11 is 0. The van der Waals surface area contributed by atoms with E-state index in [2.05, 4.69) is 9.47 Å². The van der Waals surface area contributed by atoms with E-state index in [4.69, 9.17) is 9.84 Å². The molecule has 5 nitrogen and oxygen atoms in total. The molecule has 0 amide bonds. The van der Waals surface area contributed by atoms with Crippen molar-refractivity contribution in [2.75, 3.05) is 7.11 Å². The average Bonchev–Trinajstić information content (AvgIpc) is 2.55. The number of alkyl halides is 6. The summed E-state index contributed by atoms with van der Waals surface area (Å²) in [5.41, 5.74) is -2.94. The Labute approximate surface area is 156 Å². The van der Waals surface area contributed by atoms with E-state index < -0.39 is 64.3 Å². The van der Waals surface area contributed by atoms with Gasteiger partial charge in [0.1, 0.15) is 17.1 Å². The molecule has 0 bridgehead atoms. The Bertz CT molecular complexity index is 936. The summed E-state index contributed by atoms with van der Waals surface area (Å²) in [5.74, 6) is -9.99. The summed E-state index contributed by atoms with van der Waals surface area (Å²) in [7, 11) is 0.785. The van der Waals surface area contributed by atoms with E-state index >= 15 is 0 Å². The van der Waals surface area contributed by atoms with Crippen LogP contribution in [0.1, 0.15) is 15.9 Å². The molecule has 0 unspecified atom stereocenters. The van der Waals surface area contributed by atoms with E-state index in [0.29, 0.717) is 12.1 Å². The first kappa shape index (κ1) is 22.0. The predicted molar refractivity (Wildman–Crippen MR) is 78.1 cm³/mol. The molecule has 1 N–H and O–H groups in total. The number of ether oxygens (including phenoxy) is 3. The third-order valence-corrected chi connectivity index (χ3v) is 3.27. The minimum atomic E-state index is -5.27. The second-order valence-electron chi connectivity index (χ2n) is 5.19. The summed E-state index contributed by atoms with van der Waals surface area (Å²) < 4.78 is 116. The van der Waals surface area contributed by atoms with Crippen molar-refractivity contribution in [2.24, 2.45) is 0 Å². The van der Waals surface area contributed by atoms with Gasteiger partial charge < -0.3 is 19.3 Å². The number of methoxy groups -OCH3 is 1. The van der Waals surface area contributed by atoms with Crippen LogP contribution in [-0.4, -0.2) is 24.5 Å². The van der Waals surface area contributed by atoms with Gasteiger partial charge in [-0.05, 0) is 24.3 Å². The molecule has 0 saturated carbocycles. The van der Waals surface area contributed by atoms with E-state index in [0.717, 1.165) is 7.11 Å². The molecule has 0 aliphatic heterocycles. The maximum atomic E-state index is 14.2. The van der Waals surface area contributed by atoms with Gasteiger partial charge in [-0.15, -0.1) is 13.2 Å². The van der Waals surface area contributed by atoms with Crippen molar-refractivity contribution in [3.63, 3.8) is 0 Å². The monoisotopic (exact) mass is 432 g/mol. The largest absolute Gasteiger partial charge is 0.573 e. The smallest absolute Gasteiger partial charge is 0.490 e. The van der Waals surface area contributed by atoms with Gasteiger partial charge in [0.2, 0.25) is 11.6 Å². The van der Waals surface area contributed by atoms with E-state index in [1.807, 2.05) is 0 Å². The maximum Gasteiger partial charge on any atom is 0.573 e. The Balaban J connectivity index is 2.60. The van der Waals surface area contributed by atoms with Crippen molar-refractivity contribution in [1.29, 1.82) is 0 Å². The van der Waals surface area contributed by atoms with Gasteiger partial charge in [-0.2, -0.15) is 17.6 Å². The molecule has 2 rings (SSSR count). The summed E-state index contributed by atoms with van der Waals surface area (Å²) in [6.07, 6.45) is -10.4. The zero-order valence-corrected chi connectivity index (χ0v) is 13.9. The molecule has 0 saturated heterocycles. The van der Waals surface area contributed by atoms with E-state index in [1.54, 1.807) is 0 Å². The van der Waals surface area contributed by atoms with Crippen molar-refractivity contribution in [3.05, 3.63) is 47.0 Å². The molecule has 0 aliphatic carbocycles. The first-order valence-electron chi connectivity index (χ1n) is 7.18. The molecule has 0 aromatic heterocycles. The zero-order valence-electron chi connectivity index (χ0n) is 13.9. The fourth-order valence-electron chi connectivity index (χ4n) is 2.15. The Morgan fingerprint density at radius 1 is 0.966 bits per heavy atom. The molecule has 13 heteroatoms. The summed E-state index contributed by atoms with van der Waals surface area (Å²) in [6, 6.07) is 1.05. The minimum absolute atomic E-state index is 0.0889. The second kappa shape index (κ2) is 7.64. The standard InChI is InChI=1S/C16H8F8O5/c1-27-13-9(3-2-8(12(13)18)29-16(22,23)24)28-10-5-6(15(19,20)21)4-7(17)11(10)14(25)26/h2-5H,1H3,(H,25,26). The van der Waals surface area contributed by atoms with Crippen LogP contribution in [0.25, 0.3) is 0 Å². The molecule has 158 valence electrons. The van der Waals surface area contributed by atoms with Crippen LogP contribution in [0.2, 0.25) is 0 Å². The van der Waals surface area contributed by atoms with Crippen molar-refractivity contribution < 1.29 is 59.2 Å². The van der Waals surface area contributed by atoms with Gasteiger partial charge in [-0.25, -0.2) is 9.18 Å². The molecule has 2 aromatic carbocycles. The lowest BCUT2D eigenvalue weighted by Crippen LogP contribution is -2.18. The highest BCUT2D eigenvalue weighted by atomic mass is 19.4. The number of carboxylic acids is 1. The average molecular weight is 432 g/mol. The number of halogens is 8. The lowest BCUT2D eigenvalue weighted by molar-refractivity contribution is -0.275. The van der Waals surface area contributed by atoms with Gasteiger partial charge in [-0.3, -0.25) is 0 Å².